The Kier molecular flexibility index (Phi) is 9.70. The number of aliphatic hydroxyl groups excluding tert-OH is 1. The second kappa shape index (κ2) is 14.3. The van der Waals surface area contributed by atoms with Gasteiger partial charge in [-0.1, -0.05) is 72.9 Å². The third-order valence-electron chi connectivity index (χ3n) is 11.3. The Morgan fingerprint density at radius 2 is 1.77 bits per heavy atom. The van der Waals surface area contributed by atoms with Crippen molar-refractivity contribution in [2.45, 2.75) is 56.1 Å². The van der Waals surface area contributed by atoms with E-state index in [-0.39, 0.29) is 41.9 Å². The van der Waals surface area contributed by atoms with Crippen molar-refractivity contribution in [3.05, 3.63) is 126 Å². The average Bonchev–Trinajstić information content (AvgIpc) is 3.82. The summed E-state index contributed by atoms with van der Waals surface area (Å²) in [4.78, 5) is 29.5. The standard InChI is InChI=1S/C41H46N6O5Si/c1-26-38(53(4,5)32-18-16-31(51-3)17-19-32)37(21-22-47-24-35(44-45-47)33(25-48)27-9-7-6-8-10-27)52-41(26)34-23-30(15-20-36(34)46(2)40(41)50)43-39(49)28-11-13-29(42)14-12-28/h6-20,23-24,26,33,37-38,48H,21-22,25,42H2,1-5H3,(H,43,49)/t26-,33?,37+,38-,41+/m1/s1. The van der Waals surface area contributed by atoms with E-state index in [1.165, 1.54) is 5.19 Å². The zero-order valence-corrected chi connectivity index (χ0v) is 31.7. The minimum absolute atomic E-state index is 0.0183. The fourth-order valence-corrected chi connectivity index (χ4v) is 12.6. The molecule has 0 aliphatic carbocycles. The van der Waals surface area contributed by atoms with Gasteiger partial charge in [-0.05, 0) is 72.1 Å². The van der Waals surface area contributed by atoms with Gasteiger partial charge in [0.25, 0.3) is 11.8 Å². The van der Waals surface area contributed by atoms with Crippen molar-refractivity contribution in [2.75, 3.05) is 36.7 Å². The number of rotatable bonds is 11. The van der Waals surface area contributed by atoms with Crippen LogP contribution in [0.3, 0.4) is 0 Å². The minimum atomic E-state index is -2.37. The summed E-state index contributed by atoms with van der Waals surface area (Å²) >= 11 is 0. The number of nitrogens with one attached hydrogen (secondary N) is 1. The molecule has 0 bridgehead atoms. The first-order valence-electron chi connectivity index (χ1n) is 18.0. The van der Waals surface area contributed by atoms with E-state index in [1.807, 2.05) is 66.9 Å². The van der Waals surface area contributed by atoms with E-state index in [1.54, 1.807) is 48.0 Å². The average molecular weight is 731 g/mol. The molecule has 274 valence electrons. The number of fused-ring (bicyclic) bond motifs is 2. The van der Waals surface area contributed by atoms with Crippen molar-refractivity contribution in [3.8, 4) is 5.75 Å². The molecule has 2 aliphatic rings. The number of likely N-dealkylation sites (N-methyl/N-ethyl adjacent to an activating group) is 1. The number of amides is 2. The summed E-state index contributed by atoms with van der Waals surface area (Å²) in [5.74, 6) is -0.104. The number of anilines is 3. The van der Waals surface area contributed by atoms with Crippen LogP contribution in [0, 0.1) is 5.92 Å². The lowest BCUT2D eigenvalue weighted by molar-refractivity contribution is -0.145. The lowest BCUT2D eigenvalue weighted by Gasteiger charge is -2.37. The summed E-state index contributed by atoms with van der Waals surface area (Å²) in [6, 6.07) is 30.4. The molecule has 53 heavy (non-hydrogen) atoms. The summed E-state index contributed by atoms with van der Waals surface area (Å²) < 4.78 is 14.5. The van der Waals surface area contributed by atoms with Crippen LogP contribution in [0.1, 0.15) is 46.4 Å². The molecule has 4 N–H and O–H groups in total. The molecule has 2 amide bonds. The Morgan fingerprint density at radius 3 is 2.45 bits per heavy atom. The van der Waals surface area contributed by atoms with Gasteiger partial charge < -0.3 is 30.5 Å². The Balaban J connectivity index is 1.23. The van der Waals surface area contributed by atoms with E-state index in [0.717, 1.165) is 22.6 Å². The zero-order chi connectivity index (χ0) is 37.5. The molecule has 1 aromatic heterocycles. The minimum Gasteiger partial charge on any atom is -0.497 e. The van der Waals surface area contributed by atoms with Crippen LogP contribution in [0.25, 0.3) is 0 Å². The second-order valence-electron chi connectivity index (χ2n) is 14.7. The number of carbonyl (C=O) groups is 2. The van der Waals surface area contributed by atoms with Crippen LogP contribution in [-0.2, 0) is 21.7 Å². The molecule has 4 aromatic carbocycles. The molecular formula is C41H46N6O5Si. The zero-order valence-electron chi connectivity index (χ0n) is 30.7. The Morgan fingerprint density at radius 1 is 1.06 bits per heavy atom. The lowest BCUT2D eigenvalue weighted by Crippen LogP contribution is -2.51. The first-order chi connectivity index (χ1) is 25.5. The van der Waals surface area contributed by atoms with Crippen LogP contribution < -0.4 is 25.9 Å². The van der Waals surface area contributed by atoms with Crippen LogP contribution in [0.15, 0.2) is 103 Å². The third-order valence-corrected chi connectivity index (χ3v) is 15.7. The number of nitrogens with two attached hydrogens (primary N) is 1. The van der Waals surface area contributed by atoms with Crippen molar-refractivity contribution in [1.29, 1.82) is 0 Å². The highest BCUT2D eigenvalue weighted by Crippen LogP contribution is 2.60. The summed E-state index contributed by atoms with van der Waals surface area (Å²) in [5.41, 5.74) is 9.38. The van der Waals surface area contributed by atoms with Gasteiger partial charge in [-0.15, -0.1) is 5.10 Å². The summed E-state index contributed by atoms with van der Waals surface area (Å²) in [7, 11) is 1.07. The van der Waals surface area contributed by atoms with E-state index >= 15 is 0 Å². The molecule has 5 atom stereocenters. The predicted molar refractivity (Wildman–Crippen MR) is 208 cm³/mol. The molecule has 12 heteroatoms. The highest BCUT2D eigenvalue weighted by molar-refractivity contribution is 6.91. The van der Waals surface area contributed by atoms with Gasteiger partial charge in [0.2, 0.25) is 0 Å². The molecule has 5 aromatic rings. The fourth-order valence-electron chi connectivity index (χ4n) is 8.50. The summed E-state index contributed by atoms with van der Waals surface area (Å²) in [6.45, 7) is 7.25. The molecule has 7 rings (SSSR count). The molecule has 1 unspecified atom stereocenters. The molecule has 11 nitrogen and oxygen atoms in total. The number of aryl methyl sites for hydroxylation is 1. The molecule has 0 radical (unpaired) electrons. The number of nitrogen functional groups attached to an aromatic ring is 1. The van der Waals surface area contributed by atoms with E-state index < -0.39 is 13.7 Å². The van der Waals surface area contributed by atoms with E-state index in [0.29, 0.717) is 35.6 Å². The number of aliphatic hydroxyl groups is 1. The number of hydrogen-bond donors (Lipinski definition) is 3. The maximum atomic E-state index is 14.6. The fraction of sp³-hybridized carbons (Fsp3) is 0.317. The first-order valence-corrected chi connectivity index (χ1v) is 21.0. The van der Waals surface area contributed by atoms with Gasteiger partial charge in [-0.2, -0.15) is 0 Å². The summed E-state index contributed by atoms with van der Waals surface area (Å²) in [5, 5.41) is 23.4. The maximum absolute atomic E-state index is 14.6. The number of carbonyl (C=O) groups excluding carboxylic acids is 2. The molecule has 2 aliphatic heterocycles. The van der Waals surface area contributed by atoms with Crippen molar-refractivity contribution in [3.63, 3.8) is 0 Å². The normalized spacial score (nSPS) is 21.5. The Hall–Kier alpha value is -5.30. The number of ether oxygens (including phenoxy) is 2. The van der Waals surface area contributed by atoms with Gasteiger partial charge in [0.1, 0.15) is 5.75 Å². The molecular weight excluding hydrogens is 685 g/mol. The molecule has 0 saturated carbocycles. The number of nitrogens with zero attached hydrogens (tertiary/aromatic N) is 4. The van der Waals surface area contributed by atoms with Gasteiger partial charge in [0.15, 0.2) is 5.60 Å². The SMILES string of the molecule is COc1ccc([Si](C)(C)[C@H]2[C@H](CCn3cc(C(CO)c4ccccc4)nn3)O[C@@]3(C(=O)N(C)c4ccc(NC(=O)c5ccc(N)cc5)cc43)[C@@H]2C)cc1. The van der Waals surface area contributed by atoms with Gasteiger partial charge in [0.05, 0.1) is 45.2 Å². The predicted octanol–water partition coefficient (Wildman–Crippen LogP) is 5.53. The van der Waals surface area contributed by atoms with Gasteiger partial charge in [0, 0.05) is 48.2 Å². The first kappa shape index (κ1) is 36.1. The highest BCUT2D eigenvalue weighted by atomic mass is 28.3. The van der Waals surface area contributed by atoms with E-state index in [9.17, 15) is 14.7 Å². The van der Waals surface area contributed by atoms with Crippen LogP contribution in [0.2, 0.25) is 18.6 Å². The van der Waals surface area contributed by atoms with Crippen LogP contribution >= 0.6 is 0 Å². The van der Waals surface area contributed by atoms with Crippen molar-refractivity contribution in [1.82, 2.24) is 15.0 Å². The molecule has 1 spiro atoms. The molecule has 3 heterocycles. The largest absolute Gasteiger partial charge is 0.497 e. The van der Waals surface area contributed by atoms with Gasteiger partial charge >= 0.3 is 0 Å². The Labute approximate surface area is 310 Å². The quantitative estimate of drug-likeness (QED) is 0.119. The molecule has 1 saturated heterocycles. The smallest absolute Gasteiger partial charge is 0.264 e. The third kappa shape index (κ3) is 6.40. The topological polar surface area (TPSA) is 145 Å². The lowest BCUT2D eigenvalue weighted by atomic mass is 9.82. The van der Waals surface area contributed by atoms with Crippen molar-refractivity contribution >= 4 is 42.1 Å². The van der Waals surface area contributed by atoms with Crippen LogP contribution in [0.5, 0.6) is 5.75 Å². The van der Waals surface area contributed by atoms with Crippen molar-refractivity contribution in [2.24, 2.45) is 5.92 Å². The maximum Gasteiger partial charge on any atom is 0.264 e. The summed E-state index contributed by atoms with van der Waals surface area (Å²) in [6.07, 6.45) is 2.17. The Bertz CT molecular complexity index is 2110. The number of hydrogen-bond acceptors (Lipinski definition) is 8. The van der Waals surface area contributed by atoms with Crippen molar-refractivity contribution < 1.29 is 24.2 Å². The van der Waals surface area contributed by atoms with Gasteiger partial charge in [-0.3, -0.25) is 14.3 Å². The van der Waals surface area contributed by atoms with Gasteiger partial charge in [-0.25, -0.2) is 0 Å². The highest BCUT2D eigenvalue weighted by Gasteiger charge is 2.65. The number of aromatic nitrogens is 3. The second-order valence-corrected chi connectivity index (χ2v) is 19.4. The van der Waals surface area contributed by atoms with Crippen LogP contribution in [0.4, 0.5) is 17.1 Å². The number of benzene rings is 4. The number of methoxy groups -OCH3 is 1. The van der Waals surface area contributed by atoms with E-state index in [4.69, 9.17) is 15.2 Å². The van der Waals surface area contributed by atoms with Crippen LogP contribution in [-0.4, -0.2) is 66.9 Å². The molecule has 1 fully saturated rings. The van der Waals surface area contributed by atoms with E-state index in [2.05, 4.69) is 47.8 Å². The monoisotopic (exact) mass is 730 g/mol.